The lowest BCUT2D eigenvalue weighted by Gasteiger charge is -2.24. The lowest BCUT2D eigenvalue weighted by Crippen LogP contribution is -2.46. The van der Waals surface area contributed by atoms with E-state index in [1.807, 2.05) is 6.92 Å². The third-order valence-electron chi connectivity index (χ3n) is 6.69. The topological polar surface area (TPSA) is 95.2 Å². The number of fused-ring (bicyclic) bond motifs is 1. The Morgan fingerprint density at radius 1 is 1.05 bits per heavy atom. The molecule has 0 spiro atoms. The Balaban J connectivity index is 1.41. The second-order valence-corrected chi connectivity index (χ2v) is 10.6. The van der Waals surface area contributed by atoms with E-state index in [9.17, 15) is 23.2 Å². The molecule has 0 fully saturated rings. The number of amides is 3. The molecule has 1 aliphatic rings. The number of H-pyrrole nitrogens is 1. The third kappa shape index (κ3) is 5.24. The van der Waals surface area contributed by atoms with Crippen LogP contribution in [-0.4, -0.2) is 45.4 Å². The van der Waals surface area contributed by atoms with E-state index in [4.69, 9.17) is 0 Å². The van der Waals surface area contributed by atoms with Crippen LogP contribution in [-0.2, 0) is 12.8 Å². The summed E-state index contributed by atoms with van der Waals surface area (Å²) in [5, 5.41) is 10.1. The smallest absolute Gasteiger partial charge is 0.261 e. The molecular weight excluding hydrogens is 522 g/mol. The molecule has 4 aromatic rings. The van der Waals surface area contributed by atoms with Crippen LogP contribution in [0, 0.1) is 18.6 Å². The number of carbonyl (C=O) groups is 3. The zero-order chi connectivity index (χ0) is 27.7. The summed E-state index contributed by atoms with van der Waals surface area (Å²) in [6.07, 6.45) is 3.59. The molecule has 1 aliphatic heterocycles. The number of aromatic amines is 1. The quantitative estimate of drug-likeness (QED) is 0.277. The van der Waals surface area contributed by atoms with Crippen molar-refractivity contribution in [3.05, 3.63) is 99.2 Å². The molecule has 1 atom stereocenters. The van der Waals surface area contributed by atoms with Gasteiger partial charge in [-0.1, -0.05) is 31.5 Å². The average molecular weight is 549 g/mol. The van der Waals surface area contributed by atoms with Crippen molar-refractivity contribution in [2.24, 2.45) is 0 Å². The van der Waals surface area contributed by atoms with E-state index in [0.29, 0.717) is 21.6 Å². The molecule has 39 heavy (non-hydrogen) atoms. The predicted molar refractivity (Wildman–Crippen MR) is 144 cm³/mol. The molecule has 2 aromatic carbocycles. The lowest BCUT2D eigenvalue weighted by atomic mass is 10.0. The zero-order valence-electron chi connectivity index (χ0n) is 21.4. The van der Waals surface area contributed by atoms with Crippen molar-refractivity contribution >= 4 is 29.1 Å². The Morgan fingerprint density at radius 2 is 1.77 bits per heavy atom. The molecule has 0 radical (unpaired) electrons. The minimum atomic E-state index is -1.01. The molecule has 0 unspecified atom stereocenters. The number of benzene rings is 2. The number of aromatic nitrogens is 2. The van der Waals surface area contributed by atoms with Gasteiger partial charge in [-0.2, -0.15) is 5.10 Å². The minimum absolute atomic E-state index is 0.0793. The summed E-state index contributed by atoms with van der Waals surface area (Å²) in [6.45, 7) is 3.87. The maximum Gasteiger partial charge on any atom is 0.261 e. The van der Waals surface area contributed by atoms with Gasteiger partial charge in [0.1, 0.15) is 0 Å². The first-order valence-electron chi connectivity index (χ1n) is 12.6. The highest BCUT2D eigenvalue weighted by molar-refractivity contribution is 7.17. The Hall–Kier alpha value is -4.18. The molecule has 10 heteroatoms. The van der Waals surface area contributed by atoms with Crippen LogP contribution in [0.1, 0.15) is 60.6 Å². The van der Waals surface area contributed by atoms with E-state index in [1.165, 1.54) is 17.4 Å². The van der Waals surface area contributed by atoms with E-state index < -0.39 is 29.5 Å². The standard InChI is InChI=1S/C29H26F2N4O3S/c1-3-6-24-21(14-32-34-24)26-16(2)11-25(39-26)27(36)33-18(12-17-9-10-22(30)23(31)13-17)15-35-28(37)19-7-4-5-8-20(19)29(35)38/h4-5,7-11,13-14,18H,3,6,12,15H2,1-2H3,(H,32,34)(H,33,36)/t18-/m0/s1. The van der Waals surface area contributed by atoms with Gasteiger partial charge in [0, 0.05) is 22.7 Å². The monoisotopic (exact) mass is 548 g/mol. The molecule has 2 N–H and O–H groups in total. The van der Waals surface area contributed by atoms with Gasteiger partial charge in [0.2, 0.25) is 0 Å². The van der Waals surface area contributed by atoms with Crippen LogP contribution < -0.4 is 5.32 Å². The number of aryl methyl sites for hydroxylation is 2. The van der Waals surface area contributed by atoms with Crippen molar-refractivity contribution in [2.45, 2.75) is 39.2 Å². The molecule has 0 saturated carbocycles. The van der Waals surface area contributed by atoms with E-state index >= 15 is 0 Å². The maximum atomic E-state index is 13.9. The van der Waals surface area contributed by atoms with Crippen LogP contribution in [0.2, 0.25) is 0 Å². The van der Waals surface area contributed by atoms with Gasteiger partial charge in [-0.15, -0.1) is 11.3 Å². The number of halogens is 2. The van der Waals surface area contributed by atoms with Gasteiger partial charge in [-0.05, 0) is 61.2 Å². The second-order valence-electron chi connectivity index (χ2n) is 9.52. The lowest BCUT2D eigenvalue weighted by molar-refractivity contribution is 0.0629. The van der Waals surface area contributed by atoms with E-state index in [2.05, 4.69) is 22.4 Å². The molecule has 7 nitrogen and oxygen atoms in total. The number of hydrogen-bond donors (Lipinski definition) is 2. The van der Waals surface area contributed by atoms with Gasteiger partial charge in [0.15, 0.2) is 11.6 Å². The Morgan fingerprint density at radius 3 is 2.44 bits per heavy atom. The van der Waals surface area contributed by atoms with Crippen LogP contribution in [0.5, 0.6) is 0 Å². The minimum Gasteiger partial charge on any atom is -0.346 e. The fraction of sp³-hybridized carbons (Fsp3) is 0.241. The summed E-state index contributed by atoms with van der Waals surface area (Å²) in [5.41, 5.74) is 3.87. The highest BCUT2D eigenvalue weighted by Crippen LogP contribution is 2.34. The first kappa shape index (κ1) is 26.4. The predicted octanol–water partition coefficient (Wildman–Crippen LogP) is 5.31. The van der Waals surface area contributed by atoms with Crippen molar-refractivity contribution in [3.8, 4) is 10.4 Å². The van der Waals surface area contributed by atoms with Gasteiger partial charge < -0.3 is 5.32 Å². The molecule has 0 aliphatic carbocycles. The number of nitrogens with zero attached hydrogens (tertiary/aromatic N) is 2. The van der Waals surface area contributed by atoms with Gasteiger partial charge >= 0.3 is 0 Å². The normalized spacial score (nSPS) is 13.6. The number of hydrogen-bond acceptors (Lipinski definition) is 5. The number of rotatable bonds is 9. The van der Waals surface area contributed by atoms with Crippen LogP contribution in [0.15, 0.2) is 54.7 Å². The maximum absolute atomic E-state index is 13.9. The summed E-state index contributed by atoms with van der Waals surface area (Å²) >= 11 is 1.32. The number of carbonyl (C=O) groups excluding carboxylic acids is 3. The van der Waals surface area contributed by atoms with Crippen LogP contribution in [0.3, 0.4) is 0 Å². The van der Waals surface area contributed by atoms with Crippen molar-refractivity contribution in [1.82, 2.24) is 20.4 Å². The van der Waals surface area contributed by atoms with Crippen LogP contribution >= 0.6 is 11.3 Å². The highest BCUT2D eigenvalue weighted by atomic mass is 32.1. The first-order chi connectivity index (χ1) is 18.8. The summed E-state index contributed by atoms with van der Waals surface area (Å²) in [4.78, 5) is 41.9. The van der Waals surface area contributed by atoms with Gasteiger partial charge in [0.25, 0.3) is 17.7 Å². The van der Waals surface area contributed by atoms with Crippen molar-refractivity contribution in [1.29, 1.82) is 0 Å². The van der Waals surface area contributed by atoms with Crippen molar-refractivity contribution in [2.75, 3.05) is 6.54 Å². The Bertz CT molecular complexity index is 1540. The largest absolute Gasteiger partial charge is 0.346 e. The van der Waals surface area contributed by atoms with Crippen LogP contribution in [0.4, 0.5) is 8.78 Å². The fourth-order valence-electron chi connectivity index (χ4n) is 4.80. The number of imide groups is 1. The molecule has 200 valence electrons. The van der Waals surface area contributed by atoms with Crippen molar-refractivity contribution < 1.29 is 23.2 Å². The first-order valence-corrected chi connectivity index (χ1v) is 13.4. The summed E-state index contributed by atoms with van der Waals surface area (Å²) in [5.74, 6) is -3.31. The van der Waals surface area contributed by atoms with E-state index in [-0.39, 0.29) is 18.9 Å². The van der Waals surface area contributed by atoms with Gasteiger partial charge in [0.05, 0.1) is 28.2 Å². The summed E-state index contributed by atoms with van der Waals surface area (Å²) < 4.78 is 27.5. The molecule has 0 bridgehead atoms. The van der Waals surface area contributed by atoms with Crippen molar-refractivity contribution in [3.63, 3.8) is 0 Å². The SMILES string of the molecule is CCCc1[nH]ncc1-c1sc(C(=O)N[C@@H](Cc2ccc(F)c(F)c2)CN2C(=O)c3ccccc3C2=O)cc1C. The van der Waals surface area contributed by atoms with Crippen LogP contribution in [0.25, 0.3) is 10.4 Å². The third-order valence-corrected chi connectivity index (χ3v) is 7.96. The zero-order valence-corrected chi connectivity index (χ0v) is 22.2. The highest BCUT2D eigenvalue weighted by Gasteiger charge is 2.37. The Kier molecular flexibility index (Phi) is 7.38. The molecule has 5 rings (SSSR count). The number of nitrogens with one attached hydrogen (secondary N) is 2. The van der Waals surface area contributed by atoms with E-state index in [0.717, 1.165) is 51.6 Å². The molecule has 3 amide bonds. The summed E-state index contributed by atoms with van der Waals surface area (Å²) in [6, 6.07) is 11.0. The van der Waals surface area contributed by atoms with Gasteiger partial charge in [-0.3, -0.25) is 24.4 Å². The number of thiophene rings is 1. The molecule has 3 heterocycles. The van der Waals surface area contributed by atoms with E-state index in [1.54, 1.807) is 36.5 Å². The summed E-state index contributed by atoms with van der Waals surface area (Å²) in [7, 11) is 0. The fourth-order valence-corrected chi connectivity index (χ4v) is 5.92. The molecular formula is C29H26F2N4O3S. The average Bonchev–Trinajstić information content (AvgIpc) is 3.60. The van der Waals surface area contributed by atoms with Gasteiger partial charge in [-0.25, -0.2) is 8.78 Å². The second kappa shape index (κ2) is 10.9. The Labute approximate surface area is 227 Å². The molecule has 2 aromatic heterocycles. The molecule has 0 saturated heterocycles.